The minimum Gasteiger partial charge on any atom is -0.326 e. The summed E-state index contributed by atoms with van der Waals surface area (Å²) in [6.07, 6.45) is 1.95. The molecule has 0 spiro atoms. The molecule has 1 saturated carbocycles. The predicted octanol–water partition coefficient (Wildman–Crippen LogP) is 1.86. The molecule has 0 radical (unpaired) electrons. The maximum absolute atomic E-state index is 11.6. The van der Waals surface area contributed by atoms with Crippen LogP contribution in [0.2, 0.25) is 0 Å². The van der Waals surface area contributed by atoms with E-state index < -0.39 is 15.3 Å². The summed E-state index contributed by atoms with van der Waals surface area (Å²) in [5.74, 6) is 0.241. The summed E-state index contributed by atoms with van der Waals surface area (Å²) in [7, 11) is -3.25. The summed E-state index contributed by atoms with van der Waals surface area (Å²) in [4.78, 5) is 11.6. The molecule has 2 rings (SSSR count). The molecule has 0 unspecified atom stereocenters. The van der Waals surface area contributed by atoms with Crippen molar-refractivity contribution in [2.45, 2.75) is 38.5 Å². The quantitative estimate of drug-likeness (QED) is 0.841. The fourth-order valence-electron chi connectivity index (χ4n) is 1.65. The van der Waals surface area contributed by atoms with Gasteiger partial charge in [0.1, 0.15) is 0 Å². The Morgan fingerprint density at radius 1 is 1.25 bits per heavy atom. The molecule has 0 heterocycles. The molecule has 110 valence electrons. The second-order valence-electron chi connectivity index (χ2n) is 5.38. The van der Waals surface area contributed by atoms with Crippen LogP contribution < -0.4 is 10.0 Å². The van der Waals surface area contributed by atoms with Crippen LogP contribution in [0.15, 0.2) is 24.3 Å². The lowest BCUT2D eigenvalue weighted by atomic mass is 10.2. The van der Waals surface area contributed by atoms with Crippen molar-refractivity contribution < 1.29 is 13.2 Å². The first kappa shape index (κ1) is 15.0. The molecule has 1 aliphatic carbocycles. The average Bonchev–Trinajstić information content (AvgIpc) is 3.22. The van der Waals surface area contributed by atoms with Crippen LogP contribution >= 0.6 is 0 Å². The van der Waals surface area contributed by atoms with Gasteiger partial charge < -0.3 is 5.32 Å². The van der Waals surface area contributed by atoms with Crippen molar-refractivity contribution in [1.82, 2.24) is 4.72 Å². The number of rotatable bonds is 6. The van der Waals surface area contributed by atoms with Crippen LogP contribution in [0.5, 0.6) is 0 Å². The van der Waals surface area contributed by atoms with Crippen LogP contribution in [0.1, 0.15) is 32.3 Å². The molecule has 1 aliphatic rings. The van der Waals surface area contributed by atoms with Crippen LogP contribution in [-0.2, 0) is 21.4 Å². The van der Waals surface area contributed by atoms with Crippen molar-refractivity contribution in [2.75, 3.05) is 5.32 Å². The molecule has 2 N–H and O–H groups in total. The van der Waals surface area contributed by atoms with Crippen LogP contribution in [0.25, 0.3) is 0 Å². The van der Waals surface area contributed by atoms with Crippen molar-refractivity contribution in [3.05, 3.63) is 29.8 Å². The maximum atomic E-state index is 11.6. The van der Waals surface area contributed by atoms with E-state index in [1.54, 1.807) is 26.0 Å². The van der Waals surface area contributed by atoms with E-state index in [1.807, 2.05) is 12.1 Å². The molecule has 1 amide bonds. The third-order valence-corrected chi connectivity index (χ3v) is 5.06. The highest BCUT2D eigenvalue weighted by atomic mass is 32.2. The molecule has 5 nitrogen and oxygen atoms in total. The Morgan fingerprint density at radius 3 is 2.35 bits per heavy atom. The van der Waals surface area contributed by atoms with E-state index >= 15 is 0 Å². The Morgan fingerprint density at radius 2 is 1.85 bits per heavy atom. The Kier molecular flexibility index (Phi) is 4.45. The lowest BCUT2D eigenvalue weighted by Crippen LogP contribution is -2.30. The zero-order valence-corrected chi connectivity index (χ0v) is 12.5. The molecule has 6 heteroatoms. The number of amides is 1. The minimum atomic E-state index is -3.25. The fourth-order valence-corrected chi connectivity index (χ4v) is 2.35. The standard InChI is InChI=1S/C14H20N2O3S/c1-10(2)20(18,19)15-9-11-3-7-13(8-4-11)16-14(17)12-5-6-12/h3-4,7-8,10,12,15H,5-6,9H2,1-2H3,(H,16,17). The second kappa shape index (κ2) is 5.93. The van der Waals surface area contributed by atoms with Crippen LogP contribution in [0.4, 0.5) is 5.69 Å². The van der Waals surface area contributed by atoms with Gasteiger partial charge in [-0.1, -0.05) is 12.1 Å². The first-order valence-electron chi connectivity index (χ1n) is 6.77. The number of carbonyl (C=O) groups excluding carboxylic acids is 1. The van der Waals surface area contributed by atoms with E-state index in [9.17, 15) is 13.2 Å². The molecule has 0 saturated heterocycles. The molecular formula is C14H20N2O3S. The Hall–Kier alpha value is -1.40. The van der Waals surface area contributed by atoms with E-state index in [-0.39, 0.29) is 18.4 Å². The van der Waals surface area contributed by atoms with Gasteiger partial charge in [-0.05, 0) is 44.4 Å². The largest absolute Gasteiger partial charge is 0.326 e. The predicted molar refractivity (Wildman–Crippen MR) is 78.7 cm³/mol. The topological polar surface area (TPSA) is 75.3 Å². The Labute approximate surface area is 119 Å². The van der Waals surface area contributed by atoms with Crippen molar-refractivity contribution in [3.63, 3.8) is 0 Å². The SMILES string of the molecule is CC(C)S(=O)(=O)NCc1ccc(NC(=O)C2CC2)cc1. The van der Waals surface area contributed by atoms with Crippen LogP contribution in [0, 0.1) is 5.92 Å². The van der Waals surface area contributed by atoms with E-state index in [0.717, 1.165) is 24.1 Å². The monoisotopic (exact) mass is 296 g/mol. The average molecular weight is 296 g/mol. The van der Waals surface area contributed by atoms with Gasteiger partial charge in [0.15, 0.2) is 0 Å². The number of carbonyl (C=O) groups is 1. The Balaban J connectivity index is 1.89. The summed E-state index contributed by atoms with van der Waals surface area (Å²) in [6, 6.07) is 7.20. The molecule has 20 heavy (non-hydrogen) atoms. The summed E-state index contributed by atoms with van der Waals surface area (Å²) < 4.78 is 25.8. The van der Waals surface area contributed by atoms with Crippen molar-refractivity contribution in [2.24, 2.45) is 5.92 Å². The first-order valence-corrected chi connectivity index (χ1v) is 8.31. The molecular weight excluding hydrogens is 276 g/mol. The highest BCUT2D eigenvalue weighted by molar-refractivity contribution is 7.90. The van der Waals surface area contributed by atoms with E-state index in [1.165, 1.54) is 0 Å². The first-order chi connectivity index (χ1) is 9.38. The number of sulfonamides is 1. The molecule has 1 aromatic carbocycles. The normalized spacial score (nSPS) is 15.3. The molecule has 0 atom stereocenters. The van der Waals surface area contributed by atoms with Crippen molar-refractivity contribution in [1.29, 1.82) is 0 Å². The number of benzene rings is 1. The summed E-state index contributed by atoms with van der Waals surface area (Å²) in [5, 5.41) is 2.40. The third-order valence-electron chi connectivity index (χ3n) is 3.27. The molecule has 0 aliphatic heterocycles. The number of hydrogen-bond acceptors (Lipinski definition) is 3. The summed E-state index contributed by atoms with van der Waals surface area (Å²) in [5.41, 5.74) is 1.61. The van der Waals surface area contributed by atoms with Gasteiger partial charge in [-0.3, -0.25) is 4.79 Å². The van der Waals surface area contributed by atoms with Gasteiger partial charge in [0, 0.05) is 18.2 Å². The molecule has 1 fully saturated rings. The van der Waals surface area contributed by atoms with Gasteiger partial charge in [-0.2, -0.15) is 0 Å². The number of anilines is 1. The van der Waals surface area contributed by atoms with Crippen LogP contribution in [-0.4, -0.2) is 19.6 Å². The van der Waals surface area contributed by atoms with Crippen molar-refractivity contribution in [3.8, 4) is 0 Å². The summed E-state index contributed by atoms with van der Waals surface area (Å²) in [6.45, 7) is 3.54. The Bertz CT molecular complexity index is 575. The zero-order chi connectivity index (χ0) is 14.8. The van der Waals surface area contributed by atoms with E-state index in [4.69, 9.17) is 0 Å². The second-order valence-corrected chi connectivity index (χ2v) is 7.70. The van der Waals surface area contributed by atoms with Gasteiger partial charge >= 0.3 is 0 Å². The van der Waals surface area contributed by atoms with Gasteiger partial charge in [0.05, 0.1) is 5.25 Å². The third kappa shape index (κ3) is 4.05. The molecule has 0 aromatic heterocycles. The number of nitrogens with one attached hydrogen (secondary N) is 2. The minimum absolute atomic E-state index is 0.0678. The van der Waals surface area contributed by atoms with Gasteiger partial charge in [0.2, 0.25) is 15.9 Å². The van der Waals surface area contributed by atoms with Gasteiger partial charge in [0.25, 0.3) is 0 Å². The number of hydrogen-bond donors (Lipinski definition) is 2. The highest BCUT2D eigenvalue weighted by Crippen LogP contribution is 2.30. The lowest BCUT2D eigenvalue weighted by Gasteiger charge is -2.10. The van der Waals surface area contributed by atoms with Crippen LogP contribution in [0.3, 0.4) is 0 Å². The molecule has 0 bridgehead atoms. The van der Waals surface area contributed by atoms with Crippen molar-refractivity contribution >= 4 is 21.6 Å². The highest BCUT2D eigenvalue weighted by Gasteiger charge is 2.29. The fraction of sp³-hybridized carbons (Fsp3) is 0.500. The van der Waals surface area contributed by atoms with Gasteiger partial charge in [-0.25, -0.2) is 13.1 Å². The van der Waals surface area contributed by atoms with E-state index in [0.29, 0.717) is 0 Å². The lowest BCUT2D eigenvalue weighted by molar-refractivity contribution is -0.117. The zero-order valence-electron chi connectivity index (χ0n) is 11.7. The van der Waals surface area contributed by atoms with E-state index in [2.05, 4.69) is 10.0 Å². The molecule has 1 aromatic rings. The summed E-state index contributed by atoms with van der Waals surface area (Å²) >= 11 is 0. The smallest absolute Gasteiger partial charge is 0.227 e. The maximum Gasteiger partial charge on any atom is 0.227 e. The van der Waals surface area contributed by atoms with Gasteiger partial charge in [-0.15, -0.1) is 0 Å².